The van der Waals surface area contributed by atoms with Crippen LogP contribution in [0.3, 0.4) is 0 Å². The average Bonchev–Trinajstić information content (AvgIpc) is 2.75. The fourth-order valence-electron chi connectivity index (χ4n) is 2.35. The molecule has 10 heteroatoms. The van der Waals surface area contributed by atoms with Crippen molar-refractivity contribution in [2.75, 3.05) is 13.1 Å². The van der Waals surface area contributed by atoms with Crippen LogP contribution in [-0.2, 0) is 9.59 Å². The number of nitrogens with zero attached hydrogens (tertiary/aromatic N) is 4. The number of hydrogen-bond acceptors (Lipinski definition) is 6. The molecule has 0 N–H and O–H groups in total. The number of aromatic nitrogens is 2. The Hall–Kier alpha value is -2.75. The van der Waals surface area contributed by atoms with Crippen molar-refractivity contribution in [1.29, 1.82) is 0 Å². The van der Waals surface area contributed by atoms with Crippen molar-refractivity contribution in [2.45, 2.75) is 13.8 Å². The third-order valence-corrected chi connectivity index (χ3v) is 3.89. The SMILES string of the molecule is CC(=O)/C(=C/[N-]CC[N-]/C=C(/C(C)=O)C(=O)c1cccnc1)C(=O)c1cccnc1.[Li+].[Li+]. The number of Topliss-reactive ketones (excluding diaryl/α,β-unsaturated/α-hetero) is 4. The molecular weight excluding hydrogens is 398 g/mol. The van der Waals surface area contributed by atoms with Crippen LogP contribution in [0, 0.1) is 0 Å². The number of hydrogen-bond donors (Lipinski definition) is 0. The first-order chi connectivity index (χ1) is 14.4. The molecule has 0 fully saturated rings. The van der Waals surface area contributed by atoms with Crippen molar-refractivity contribution in [2.24, 2.45) is 0 Å². The molecule has 0 radical (unpaired) electrons. The van der Waals surface area contributed by atoms with Crippen molar-refractivity contribution in [3.63, 3.8) is 0 Å². The predicted octanol–water partition coefficient (Wildman–Crippen LogP) is -2.76. The summed E-state index contributed by atoms with van der Waals surface area (Å²) in [4.78, 5) is 56.0. The van der Waals surface area contributed by atoms with Gasteiger partial charge in [-0.3, -0.25) is 29.1 Å². The number of carbonyl (C=O) groups excluding carboxylic acids is 4. The zero-order valence-corrected chi connectivity index (χ0v) is 18.6. The van der Waals surface area contributed by atoms with E-state index >= 15 is 0 Å². The zero-order chi connectivity index (χ0) is 21.9. The van der Waals surface area contributed by atoms with Crippen LogP contribution in [0.1, 0.15) is 34.6 Å². The maximum absolute atomic E-state index is 12.4. The Morgan fingerprint density at radius 1 is 0.750 bits per heavy atom. The Bertz CT molecular complexity index is 912. The third-order valence-electron chi connectivity index (χ3n) is 3.89. The first-order valence-electron chi connectivity index (χ1n) is 9.06. The molecule has 2 aromatic rings. The summed E-state index contributed by atoms with van der Waals surface area (Å²) in [6.07, 6.45) is 8.24. The number of carbonyl (C=O) groups is 4. The first-order valence-corrected chi connectivity index (χ1v) is 9.06. The largest absolute Gasteiger partial charge is 1.00 e. The molecular formula is C22H20Li2N4O4. The summed E-state index contributed by atoms with van der Waals surface area (Å²) in [6, 6.07) is 6.34. The van der Waals surface area contributed by atoms with Crippen LogP contribution in [0.5, 0.6) is 0 Å². The van der Waals surface area contributed by atoms with E-state index < -0.39 is 23.1 Å². The quantitative estimate of drug-likeness (QED) is 0.0974. The molecule has 0 aliphatic heterocycles. The van der Waals surface area contributed by atoms with Gasteiger partial charge in [-0.1, -0.05) is 0 Å². The van der Waals surface area contributed by atoms with Crippen molar-refractivity contribution in [1.82, 2.24) is 9.97 Å². The zero-order valence-electron chi connectivity index (χ0n) is 18.6. The normalized spacial score (nSPS) is 10.8. The molecule has 0 amide bonds. The van der Waals surface area contributed by atoms with Crippen LogP contribution in [0.2, 0.25) is 0 Å². The minimum Gasteiger partial charge on any atom is -0.691 e. The van der Waals surface area contributed by atoms with Crippen LogP contribution in [-0.4, -0.2) is 46.2 Å². The Balaban J connectivity index is 0.00000480. The van der Waals surface area contributed by atoms with Gasteiger partial charge in [-0.2, -0.15) is 12.4 Å². The monoisotopic (exact) mass is 418 g/mol. The van der Waals surface area contributed by atoms with Gasteiger partial charge in [0, 0.05) is 47.1 Å². The van der Waals surface area contributed by atoms with Crippen molar-refractivity contribution in [3.8, 4) is 0 Å². The summed E-state index contributed by atoms with van der Waals surface area (Å²) >= 11 is 0. The van der Waals surface area contributed by atoms with Crippen LogP contribution in [0.15, 0.2) is 72.6 Å². The van der Waals surface area contributed by atoms with E-state index in [2.05, 4.69) is 20.6 Å². The molecule has 2 rings (SSSR count). The molecule has 2 aromatic heterocycles. The third kappa shape index (κ3) is 8.78. The molecule has 154 valence electrons. The van der Waals surface area contributed by atoms with E-state index in [4.69, 9.17) is 0 Å². The number of rotatable bonds is 11. The molecule has 0 aliphatic rings. The van der Waals surface area contributed by atoms with Crippen molar-refractivity contribution >= 4 is 23.1 Å². The van der Waals surface area contributed by atoms with Gasteiger partial charge in [-0.15, -0.1) is 13.1 Å². The van der Waals surface area contributed by atoms with Gasteiger partial charge in [0.1, 0.15) is 0 Å². The van der Waals surface area contributed by atoms with Gasteiger partial charge in [0.25, 0.3) is 0 Å². The molecule has 0 aliphatic carbocycles. The van der Waals surface area contributed by atoms with E-state index in [0.29, 0.717) is 11.1 Å². The minimum atomic E-state index is -0.461. The summed E-state index contributed by atoms with van der Waals surface area (Å²) < 4.78 is 0. The predicted molar refractivity (Wildman–Crippen MR) is 111 cm³/mol. The molecule has 0 spiro atoms. The standard InChI is InChI=1S/C22H22N4O4.2Li/c1-15(27)19(21(29)17-5-3-7-23-11-17)13-25-9-10-26-14-20(16(2)28)22(30)18-6-4-8-24-12-18;;/h3-8,11-14H,9-10H2,1-2H3,(H2,25,26,27,28,29,30);;/q;2*+1/p-2. The average molecular weight is 418 g/mol. The fraction of sp³-hybridized carbons (Fsp3) is 0.182. The second-order valence-electron chi connectivity index (χ2n) is 6.15. The van der Waals surface area contributed by atoms with Crippen LogP contribution >= 0.6 is 0 Å². The van der Waals surface area contributed by atoms with Crippen LogP contribution in [0.4, 0.5) is 0 Å². The second-order valence-corrected chi connectivity index (χ2v) is 6.15. The molecule has 32 heavy (non-hydrogen) atoms. The topological polar surface area (TPSA) is 122 Å². The summed E-state index contributed by atoms with van der Waals surface area (Å²) in [7, 11) is 0. The van der Waals surface area contributed by atoms with E-state index in [1.54, 1.807) is 24.3 Å². The summed E-state index contributed by atoms with van der Waals surface area (Å²) in [5.41, 5.74) is 0.466. The van der Waals surface area contributed by atoms with Gasteiger partial charge in [0.05, 0.1) is 0 Å². The minimum absolute atomic E-state index is 0. The Morgan fingerprint density at radius 3 is 1.41 bits per heavy atom. The maximum Gasteiger partial charge on any atom is 1.00 e. The molecule has 0 bridgehead atoms. The number of allylic oxidation sites excluding steroid dienone is 2. The number of ketones is 4. The van der Waals surface area contributed by atoms with E-state index in [0.717, 1.165) is 0 Å². The summed E-state index contributed by atoms with van der Waals surface area (Å²) in [6.45, 7) is 2.90. The van der Waals surface area contributed by atoms with E-state index in [9.17, 15) is 19.2 Å². The molecule has 0 aromatic carbocycles. The molecule has 0 saturated heterocycles. The number of pyridine rings is 2. The van der Waals surface area contributed by atoms with Crippen molar-refractivity contribution in [3.05, 3.63) is 94.4 Å². The van der Waals surface area contributed by atoms with Gasteiger partial charge >= 0.3 is 37.7 Å². The molecule has 0 atom stereocenters. The Labute approximate surface area is 210 Å². The molecule has 0 unspecified atom stereocenters. The van der Waals surface area contributed by atoms with Gasteiger partial charge in [0.2, 0.25) is 0 Å². The smallest absolute Gasteiger partial charge is 0.691 e. The maximum atomic E-state index is 12.4. The van der Waals surface area contributed by atoms with E-state index in [1.807, 2.05) is 0 Å². The Kier molecular flexibility index (Phi) is 13.8. The van der Waals surface area contributed by atoms with E-state index in [1.165, 1.54) is 51.0 Å². The van der Waals surface area contributed by atoms with Crippen LogP contribution in [0.25, 0.3) is 10.6 Å². The molecule has 2 heterocycles. The van der Waals surface area contributed by atoms with Gasteiger partial charge in [-0.25, -0.2) is 0 Å². The van der Waals surface area contributed by atoms with Gasteiger partial charge < -0.3 is 10.6 Å². The summed E-state index contributed by atoms with van der Waals surface area (Å²) in [5, 5.41) is 8.11. The Morgan fingerprint density at radius 2 is 1.12 bits per heavy atom. The first kappa shape index (κ1) is 29.3. The molecule has 0 saturated carbocycles. The van der Waals surface area contributed by atoms with Crippen LogP contribution < -0.4 is 37.7 Å². The fourth-order valence-corrected chi connectivity index (χ4v) is 2.35. The van der Waals surface area contributed by atoms with Gasteiger partial charge in [0.15, 0.2) is 23.1 Å². The summed E-state index contributed by atoms with van der Waals surface area (Å²) in [5.74, 6) is -1.75. The molecule has 8 nitrogen and oxygen atoms in total. The van der Waals surface area contributed by atoms with E-state index in [-0.39, 0.29) is 62.0 Å². The second kappa shape index (κ2) is 15.1. The van der Waals surface area contributed by atoms with Crippen molar-refractivity contribution < 1.29 is 56.9 Å². The van der Waals surface area contributed by atoms with Gasteiger partial charge in [-0.05, 0) is 38.1 Å².